The molecule has 0 radical (unpaired) electrons. The van der Waals surface area contributed by atoms with Crippen molar-refractivity contribution in [2.75, 3.05) is 25.7 Å². The third-order valence-electron chi connectivity index (χ3n) is 4.77. The molecule has 0 bridgehead atoms. The molecule has 3 aliphatic rings. The first kappa shape index (κ1) is 18.8. The van der Waals surface area contributed by atoms with E-state index in [0.717, 1.165) is 23.5 Å². The summed E-state index contributed by atoms with van der Waals surface area (Å²) < 4.78 is 21.9. The molecule has 1 fully saturated rings. The number of hydrogen-bond acceptors (Lipinski definition) is 8. The van der Waals surface area contributed by atoms with E-state index in [4.69, 9.17) is 18.9 Å². The van der Waals surface area contributed by atoms with Gasteiger partial charge in [-0.2, -0.15) is 0 Å². The molecule has 2 aliphatic heterocycles. The average Bonchev–Trinajstić information content (AvgIpc) is 2.66. The van der Waals surface area contributed by atoms with Crippen molar-refractivity contribution in [1.29, 1.82) is 0 Å². The van der Waals surface area contributed by atoms with Crippen LogP contribution in [0.5, 0.6) is 17.2 Å². The van der Waals surface area contributed by atoms with Gasteiger partial charge in [0.1, 0.15) is 4.08 Å². The van der Waals surface area contributed by atoms with E-state index < -0.39 is 15.6 Å². The second kappa shape index (κ2) is 6.53. The number of carbonyl (C=O) groups excluding carboxylic acids is 1. The molecule has 1 unspecified atom stereocenters. The first-order chi connectivity index (χ1) is 12.9. The molecule has 27 heavy (non-hydrogen) atoms. The standard InChI is InChI=1S/C19H22O6S2/c1-10(2)24-15-16-18(21,17(15)20)25-13-11(19(16)26-8-5-9-27-19)6-7-12(22-3)14(13)23-4/h6-7,10,21H,5,8-9H2,1-4H3. The molecule has 1 aromatic carbocycles. The quantitative estimate of drug-likeness (QED) is 0.812. The molecule has 1 aliphatic carbocycles. The van der Waals surface area contributed by atoms with E-state index in [1.807, 2.05) is 26.0 Å². The van der Waals surface area contributed by atoms with Crippen LogP contribution in [0.15, 0.2) is 23.5 Å². The molecule has 0 amide bonds. The van der Waals surface area contributed by atoms with E-state index >= 15 is 0 Å². The zero-order chi connectivity index (χ0) is 19.4. The molecule has 6 nitrogen and oxygen atoms in total. The largest absolute Gasteiger partial charge is 0.493 e. The number of rotatable bonds is 4. The number of benzene rings is 1. The summed E-state index contributed by atoms with van der Waals surface area (Å²) in [4.78, 5) is 12.8. The number of ether oxygens (including phenoxy) is 4. The Morgan fingerprint density at radius 3 is 2.48 bits per heavy atom. The first-order valence-corrected chi connectivity index (χ1v) is 10.8. The molecule has 1 N–H and O–H groups in total. The lowest BCUT2D eigenvalue weighted by atomic mass is 9.78. The fraction of sp³-hybridized carbons (Fsp3) is 0.526. The van der Waals surface area contributed by atoms with Crippen LogP contribution in [0.4, 0.5) is 0 Å². The van der Waals surface area contributed by atoms with E-state index in [0.29, 0.717) is 22.8 Å². The van der Waals surface area contributed by atoms with Gasteiger partial charge in [0.25, 0.3) is 5.78 Å². The van der Waals surface area contributed by atoms with Crippen LogP contribution in [0, 0.1) is 0 Å². The lowest BCUT2D eigenvalue weighted by Gasteiger charge is -2.52. The van der Waals surface area contributed by atoms with Crippen molar-refractivity contribution in [2.24, 2.45) is 0 Å². The summed E-state index contributed by atoms with van der Waals surface area (Å²) in [6.07, 6.45) is 0.879. The van der Waals surface area contributed by atoms with Gasteiger partial charge in [0.15, 0.2) is 17.3 Å². The molecule has 4 rings (SSSR count). The second-order valence-electron chi connectivity index (χ2n) is 6.79. The van der Waals surface area contributed by atoms with Gasteiger partial charge in [-0.25, -0.2) is 0 Å². The number of aliphatic hydroxyl groups is 1. The van der Waals surface area contributed by atoms with E-state index in [9.17, 15) is 9.90 Å². The van der Waals surface area contributed by atoms with Crippen LogP contribution in [0.3, 0.4) is 0 Å². The third kappa shape index (κ3) is 2.49. The summed E-state index contributed by atoms with van der Waals surface area (Å²) in [7, 11) is 3.05. The maximum Gasteiger partial charge on any atom is 0.305 e. The summed E-state index contributed by atoms with van der Waals surface area (Å²) in [6, 6.07) is 3.75. The fourth-order valence-corrected chi connectivity index (χ4v) is 7.22. The van der Waals surface area contributed by atoms with E-state index in [1.165, 1.54) is 14.2 Å². The molecule has 0 aromatic heterocycles. The predicted molar refractivity (Wildman–Crippen MR) is 105 cm³/mol. The highest BCUT2D eigenvalue weighted by Gasteiger charge is 2.69. The molecule has 146 valence electrons. The number of thioether (sulfide) groups is 2. The molecule has 1 aromatic rings. The van der Waals surface area contributed by atoms with Gasteiger partial charge in [0.2, 0.25) is 5.75 Å². The van der Waals surface area contributed by atoms with Gasteiger partial charge >= 0.3 is 5.79 Å². The van der Waals surface area contributed by atoms with Gasteiger partial charge in [-0.3, -0.25) is 4.79 Å². The van der Waals surface area contributed by atoms with Gasteiger partial charge in [0.05, 0.1) is 25.9 Å². The van der Waals surface area contributed by atoms with Gasteiger partial charge in [-0.05, 0) is 43.9 Å². The van der Waals surface area contributed by atoms with Crippen molar-refractivity contribution in [2.45, 2.75) is 36.2 Å². The van der Waals surface area contributed by atoms with Crippen molar-refractivity contribution in [3.8, 4) is 17.2 Å². The van der Waals surface area contributed by atoms with Crippen LogP contribution in [0.1, 0.15) is 25.8 Å². The number of carbonyl (C=O) groups is 1. The van der Waals surface area contributed by atoms with Gasteiger partial charge < -0.3 is 24.1 Å². The average molecular weight is 411 g/mol. The van der Waals surface area contributed by atoms with Crippen LogP contribution in [-0.2, 0) is 13.6 Å². The fourth-order valence-electron chi connectivity index (χ4n) is 3.66. The van der Waals surface area contributed by atoms with Crippen molar-refractivity contribution in [1.82, 2.24) is 0 Å². The van der Waals surface area contributed by atoms with Crippen LogP contribution in [0.25, 0.3) is 0 Å². The van der Waals surface area contributed by atoms with Gasteiger partial charge in [-0.1, -0.05) is 0 Å². The van der Waals surface area contributed by atoms with E-state index in [-0.39, 0.29) is 11.9 Å². The SMILES string of the molecule is COc1ccc2c(c1OC)OC1(O)C(=O)C(OC(C)C)=C1C21SCCCS1. The van der Waals surface area contributed by atoms with Crippen molar-refractivity contribution in [3.63, 3.8) is 0 Å². The Labute approximate surface area is 166 Å². The summed E-state index contributed by atoms with van der Waals surface area (Å²) in [5.41, 5.74) is 1.36. The third-order valence-corrected chi connectivity index (χ3v) is 8.12. The number of fused-ring (bicyclic) bond motifs is 4. The Balaban J connectivity index is 1.98. The first-order valence-electron chi connectivity index (χ1n) is 8.80. The highest BCUT2D eigenvalue weighted by Crippen LogP contribution is 2.68. The molecule has 8 heteroatoms. The van der Waals surface area contributed by atoms with Crippen LogP contribution < -0.4 is 14.2 Å². The van der Waals surface area contributed by atoms with Crippen molar-refractivity contribution < 1.29 is 28.8 Å². The summed E-state index contributed by atoms with van der Waals surface area (Å²) >= 11 is 3.39. The van der Waals surface area contributed by atoms with Crippen LogP contribution in [0.2, 0.25) is 0 Å². The highest BCUT2D eigenvalue weighted by molar-refractivity contribution is 8.18. The highest BCUT2D eigenvalue weighted by atomic mass is 32.2. The maximum absolute atomic E-state index is 12.8. The number of Topliss-reactive ketones (excluding diaryl/α,β-unsaturated/α-hetero) is 1. The second-order valence-corrected chi connectivity index (χ2v) is 9.67. The maximum atomic E-state index is 12.8. The van der Waals surface area contributed by atoms with E-state index in [1.54, 1.807) is 23.5 Å². The number of methoxy groups -OCH3 is 2. The van der Waals surface area contributed by atoms with Gasteiger partial charge in [-0.15, -0.1) is 23.5 Å². The van der Waals surface area contributed by atoms with Gasteiger partial charge in [0, 0.05) is 5.56 Å². The Morgan fingerprint density at radius 2 is 1.89 bits per heavy atom. The normalized spacial score (nSPS) is 25.5. The summed E-state index contributed by atoms with van der Waals surface area (Å²) in [5, 5.41) is 11.2. The molecule has 0 saturated carbocycles. The minimum atomic E-state index is -2.03. The zero-order valence-electron chi connectivity index (χ0n) is 15.7. The number of hydrogen-bond donors (Lipinski definition) is 1. The molecule has 1 saturated heterocycles. The smallest absolute Gasteiger partial charge is 0.305 e. The molecule has 1 atom stereocenters. The molecular formula is C19H22O6S2. The minimum absolute atomic E-state index is 0.177. The Morgan fingerprint density at radius 1 is 1.19 bits per heavy atom. The molecular weight excluding hydrogens is 388 g/mol. The van der Waals surface area contributed by atoms with Crippen molar-refractivity contribution in [3.05, 3.63) is 29.0 Å². The summed E-state index contributed by atoms with van der Waals surface area (Å²) in [6.45, 7) is 3.72. The Hall–Kier alpha value is -1.51. The van der Waals surface area contributed by atoms with Crippen molar-refractivity contribution >= 4 is 29.3 Å². The lowest BCUT2D eigenvalue weighted by molar-refractivity contribution is -0.176. The molecule has 1 spiro atoms. The van der Waals surface area contributed by atoms with Crippen LogP contribution >= 0.6 is 23.5 Å². The Bertz CT molecular complexity index is 828. The topological polar surface area (TPSA) is 74.2 Å². The summed E-state index contributed by atoms with van der Waals surface area (Å²) in [5.74, 6) is 0.657. The number of ketones is 1. The van der Waals surface area contributed by atoms with E-state index in [2.05, 4.69) is 0 Å². The van der Waals surface area contributed by atoms with Crippen LogP contribution in [-0.4, -0.2) is 48.5 Å². The predicted octanol–water partition coefficient (Wildman–Crippen LogP) is 3.07. The zero-order valence-corrected chi connectivity index (χ0v) is 17.3. The Kier molecular flexibility index (Phi) is 4.56. The minimum Gasteiger partial charge on any atom is -0.493 e. The molecule has 2 heterocycles. The lowest BCUT2D eigenvalue weighted by Crippen LogP contribution is -2.63. The monoisotopic (exact) mass is 410 g/mol.